The number of nitrogens with two attached hydrogens (primary N) is 1. The summed E-state index contributed by atoms with van der Waals surface area (Å²) >= 11 is 3.13. The second-order valence-electron chi connectivity index (χ2n) is 3.59. The number of aliphatic hydroxyl groups is 1. The first-order valence-electron chi connectivity index (χ1n) is 5.00. The summed E-state index contributed by atoms with van der Waals surface area (Å²) in [6, 6.07) is 2.22. The minimum Gasteiger partial charge on any atom is -0.502 e. The maximum Gasteiger partial charge on any atom is 0.312 e. The zero-order valence-electron chi connectivity index (χ0n) is 8.97. The second kappa shape index (κ2) is 5.95. The Morgan fingerprint density at radius 1 is 1.53 bits per heavy atom. The number of hydrogen-bond acceptors (Lipinski definition) is 5. The Morgan fingerprint density at radius 2 is 2.18 bits per heavy atom. The summed E-state index contributed by atoms with van der Waals surface area (Å²) in [5, 5.41) is 29.1. The van der Waals surface area contributed by atoms with Crippen molar-refractivity contribution in [1.82, 2.24) is 0 Å². The summed E-state index contributed by atoms with van der Waals surface area (Å²) in [6.45, 7) is -0.00937. The van der Waals surface area contributed by atoms with Crippen molar-refractivity contribution in [3.05, 3.63) is 32.3 Å². The van der Waals surface area contributed by atoms with E-state index >= 15 is 0 Å². The van der Waals surface area contributed by atoms with Gasteiger partial charge in [-0.05, 0) is 18.9 Å². The molecule has 0 heterocycles. The van der Waals surface area contributed by atoms with Gasteiger partial charge in [-0.3, -0.25) is 10.1 Å². The molecule has 0 saturated heterocycles. The average Bonchev–Trinajstić information content (AvgIpc) is 2.28. The first-order valence-corrected chi connectivity index (χ1v) is 5.80. The minimum absolute atomic E-state index is 0.00937. The van der Waals surface area contributed by atoms with E-state index < -0.39 is 16.7 Å². The van der Waals surface area contributed by atoms with Gasteiger partial charge in [-0.1, -0.05) is 15.9 Å². The summed E-state index contributed by atoms with van der Waals surface area (Å²) in [7, 11) is 0. The molecule has 0 fully saturated rings. The van der Waals surface area contributed by atoms with Crippen molar-refractivity contribution in [1.29, 1.82) is 0 Å². The third-order valence-electron chi connectivity index (χ3n) is 2.35. The highest BCUT2D eigenvalue weighted by Gasteiger charge is 2.21. The van der Waals surface area contributed by atoms with Gasteiger partial charge in [-0.15, -0.1) is 0 Å². The molecule has 0 aromatic heterocycles. The van der Waals surface area contributed by atoms with Gasteiger partial charge in [0.25, 0.3) is 0 Å². The maximum absolute atomic E-state index is 10.7. The number of phenolic OH excluding ortho intramolecular Hbond substituents is 1. The predicted molar refractivity (Wildman–Crippen MR) is 65.7 cm³/mol. The fourth-order valence-corrected chi connectivity index (χ4v) is 1.96. The third-order valence-corrected chi connectivity index (χ3v) is 2.81. The van der Waals surface area contributed by atoms with Crippen molar-refractivity contribution in [3.8, 4) is 5.75 Å². The van der Waals surface area contributed by atoms with Gasteiger partial charge < -0.3 is 15.9 Å². The molecule has 0 saturated carbocycles. The Bertz CT molecular complexity index is 425. The number of aromatic hydroxyl groups is 1. The summed E-state index contributed by atoms with van der Waals surface area (Å²) in [5.41, 5.74) is 5.73. The predicted octanol–water partition coefficient (Wildman–Crippen LogP) is 1.84. The maximum atomic E-state index is 10.7. The van der Waals surface area contributed by atoms with E-state index in [1.807, 2.05) is 0 Å². The zero-order chi connectivity index (χ0) is 13.0. The van der Waals surface area contributed by atoms with Gasteiger partial charge >= 0.3 is 5.69 Å². The smallest absolute Gasteiger partial charge is 0.312 e. The van der Waals surface area contributed by atoms with E-state index in [2.05, 4.69) is 15.9 Å². The molecule has 0 aliphatic rings. The van der Waals surface area contributed by atoms with Crippen LogP contribution in [0.15, 0.2) is 16.6 Å². The number of nitro groups is 1. The zero-order valence-corrected chi connectivity index (χ0v) is 10.6. The summed E-state index contributed by atoms with van der Waals surface area (Å²) < 4.78 is 0.483. The SMILES string of the molecule is N[C@H](CCCO)c1cc(Br)cc([N+](=O)[O-])c1O. The van der Waals surface area contributed by atoms with Crippen molar-refractivity contribution >= 4 is 21.6 Å². The quantitative estimate of drug-likeness (QED) is 0.568. The fraction of sp³-hybridized carbons (Fsp3) is 0.400. The van der Waals surface area contributed by atoms with E-state index in [9.17, 15) is 15.2 Å². The van der Waals surface area contributed by atoms with Crippen molar-refractivity contribution in [2.24, 2.45) is 5.73 Å². The van der Waals surface area contributed by atoms with Crippen LogP contribution in [0.1, 0.15) is 24.4 Å². The van der Waals surface area contributed by atoms with Gasteiger partial charge in [0.15, 0.2) is 5.75 Å². The Balaban J connectivity index is 3.10. The van der Waals surface area contributed by atoms with Crippen LogP contribution in [0.2, 0.25) is 0 Å². The lowest BCUT2D eigenvalue weighted by Crippen LogP contribution is -2.11. The lowest BCUT2D eigenvalue weighted by Gasteiger charge is -2.13. The highest BCUT2D eigenvalue weighted by atomic mass is 79.9. The molecule has 1 aromatic rings. The van der Waals surface area contributed by atoms with Crippen molar-refractivity contribution < 1.29 is 15.1 Å². The van der Waals surface area contributed by atoms with Gasteiger partial charge in [0, 0.05) is 28.8 Å². The number of halogens is 1. The largest absolute Gasteiger partial charge is 0.502 e. The molecule has 4 N–H and O–H groups in total. The van der Waals surface area contributed by atoms with Crippen LogP contribution in [0.4, 0.5) is 5.69 Å². The highest BCUT2D eigenvalue weighted by Crippen LogP contribution is 2.37. The molecule has 0 amide bonds. The van der Waals surface area contributed by atoms with E-state index in [4.69, 9.17) is 10.8 Å². The molecule has 0 radical (unpaired) electrons. The molecule has 1 rings (SSSR count). The van der Waals surface area contributed by atoms with Crippen LogP contribution in [0.3, 0.4) is 0 Å². The molecule has 0 spiro atoms. The molecule has 6 nitrogen and oxygen atoms in total. The Labute approximate surface area is 106 Å². The molecular formula is C10H13BrN2O4. The standard InChI is InChI=1S/C10H13BrN2O4/c11-6-4-7(8(12)2-1-3-14)10(15)9(5-6)13(16)17/h4-5,8,14-15H,1-3,12H2/t8-/m1/s1. The van der Waals surface area contributed by atoms with Crippen molar-refractivity contribution in [3.63, 3.8) is 0 Å². The summed E-state index contributed by atoms with van der Waals surface area (Å²) in [6.07, 6.45) is 0.915. The number of rotatable bonds is 5. The van der Waals surface area contributed by atoms with Crippen LogP contribution in [0.25, 0.3) is 0 Å². The van der Waals surface area contributed by atoms with Gasteiger partial charge in [0.05, 0.1) is 4.92 Å². The van der Waals surface area contributed by atoms with E-state index in [0.29, 0.717) is 22.9 Å². The molecule has 0 bridgehead atoms. The average molecular weight is 305 g/mol. The van der Waals surface area contributed by atoms with Crippen molar-refractivity contribution in [2.45, 2.75) is 18.9 Å². The summed E-state index contributed by atoms with van der Waals surface area (Å²) in [5.74, 6) is -0.413. The molecule has 17 heavy (non-hydrogen) atoms. The van der Waals surface area contributed by atoms with Crippen LogP contribution < -0.4 is 5.73 Å². The Hall–Kier alpha value is -1.18. The van der Waals surface area contributed by atoms with Gasteiger partial charge in [0.1, 0.15) is 0 Å². The molecule has 0 aliphatic heterocycles. The van der Waals surface area contributed by atoms with Crippen LogP contribution in [0, 0.1) is 10.1 Å². The molecule has 1 atom stereocenters. The number of phenols is 1. The van der Waals surface area contributed by atoms with Gasteiger partial charge in [0.2, 0.25) is 0 Å². The van der Waals surface area contributed by atoms with Crippen LogP contribution in [-0.4, -0.2) is 21.7 Å². The fourth-order valence-electron chi connectivity index (χ4n) is 1.49. The number of aliphatic hydroxyl groups excluding tert-OH is 1. The Morgan fingerprint density at radius 3 is 2.71 bits per heavy atom. The van der Waals surface area contributed by atoms with Crippen LogP contribution >= 0.6 is 15.9 Å². The summed E-state index contributed by atoms with van der Waals surface area (Å²) in [4.78, 5) is 10.0. The highest BCUT2D eigenvalue weighted by molar-refractivity contribution is 9.10. The van der Waals surface area contributed by atoms with Crippen LogP contribution in [0.5, 0.6) is 5.75 Å². The van der Waals surface area contributed by atoms with E-state index in [1.54, 1.807) is 6.07 Å². The number of nitro benzene ring substituents is 1. The lowest BCUT2D eigenvalue weighted by molar-refractivity contribution is -0.386. The number of nitrogens with zero attached hydrogens (tertiary/aromatic N) is 1. The second-order valence-corrected chi connectivity index (χ2v) is 4.51. The Kier molecular flexibility index (Phi) is 4.86. The van der Waals surface area contributed by atoms with Gasteiger partial charge in [-0.2, -0.15) is 0 Å². The molecule has 0 aliphatic carbocycles. The molecule has 7 heteroatoms. The molecular weight excluding hydrogens is 292 g/mol. The molecule has 0 unspecified atom stereocenters. The van der Waals surface area contributed by atoms with Crippen molar-refractivity contribution in [2.75, 3.05) is 6.61 Å². The van der Waals surface area contributed by atoms with E-state index in [0.717, 1.165) is 0 Å². The number of benzene rings is 1. The first-order chi connectivity index (χ1) is 7.97. The lowest BCUT2D eigenvalue weighted by atomic mass is 10.0. The molecule has 94 valence electrons. The third kappa shape index (κ3) is 3.39. The molecule has 1 aromatic carbocycles. The topological polar surface area (TPSA) is 110 Å². The minimum atomic E-state index is -0.664. The van der Waals surface area contributed by atoms with E-state index in [1.165, 1.54) is 6.07 Å². The number of hydrogen-bond donors (Lipinski definition) is 3. The van der Waals surface area contributed by atoms with E-state index in [-0.39, 0.29) is 12.3 Å². The monoisotopic (exact) mass is 304 g/mol. The first kappa shape index (κ1) is 13.9. The van der Waals surface area contributed by atoms with Crippen LogP contribution in [-0.2, 0) is 0 Å². The normalized spacial score (nSPS) is 12.4. The van der Waals surface area contributed by atoms with Gasteiger partial charge in [-0.25, -0.2) is 0 Å².